The number of oxazole rings is 1. The Morgan fingerprint density at radius 1 is 1.15 bits per heavy atom. The molecule has 1 N–H and O–H groups in total. The number of nitrogens with zero attached hydrogens (tertiary/aromatic N) is 4. The molecule has 2 aromatic rings. The van der Waals surface area contributed by atoms with Gasteiger partial charge < -0.3 is 19.5 Å². The van der Waals surface area contributed by atoms with Crippen LogP contribution >= 0.6 is 0 Å². The summed E-state index contributed by atoms with van der Waals surface area (Å²) < 4.78 is 5.64. The highest BCUT2D eigenvalue weighted by Gasteiger charge is 2.21. The van der Waals surface area contributed by atoms with Crippen LogP contribution in [0.2, 0.25) is 0 Å². The molecule has 3 rings (SSSR count). The van der Waals surface area contributed by atoms with Crippen molar-refractivity contribution in [2.24, 2.45) is 4.99 Å². The quantitative estimate of drug-likeness (QED) is 0.678. The van der Waals surface area contributed by atoms with E-state index < -0.39 is 0 Å². The van der Waals surface area contributed by atoms with Gasteiger partial charge in [0.15, 0.2) is 5.96 Å². The second-order valence-corrected chi connectivity index (χ2v) is 6.84. The number of aromatic nitrogens is 1. The molecule has 0 unspecified atom stereocenters. The third-order valence-corrected chi connectivity index (χ3v) is 5.18. The minimum absolute atomic E-state index is 0.554. The van der Waals surface area contributed by atoms with Crippen LogP contribution in [0.5, 0.6) is 0 Å². The second kappa shape index (κ2) is 7.81. The van der Waals surface area contributed by atoms with Crippen LogP contribution in [0.1, 0.15) is 28.5 Å². The van der Waals surface area contributed by atoms with E-state index in [4.69, 9.17) is 4.42 Å². The lowest BCUT2D eigenvalue weighted by atomic mass is 10.1. The normalized spacial score (nSPS) is 15.5. The summed E-state index contributed by atoms with van der Waals surface area (Å²) in [5.41, 5.74) is 5.01. The molecule has 0 atom stereocenters. The summed E-state index contributed by atoms with van der Waals surface area (Å²) in [6.45, 7) is 12.7. The zero-order chi connectivity index (χ0) is 18.7. The number of aryl methyl sites for hydroxylation is 3. The minimum Gasteiger partial charge on any atom is -0.444 e. The van der Waals surface area contributed by atoms with Gasteiger partial charge in [-0.2, -0.15) is 0 Å². The molecule has 1 aromatic carbocycles. The number of anilines is 1. The number of guanidine groups is 1. The van der Waals surface area contributed by atoms with Gasteiger partial charge in [-0.25, -0.2) is 4.98 Å². The molecule has 1 fully saturated rings. The fourth-order valence-electron chi connectivity index (χ4n) is 3.34. The van der Waals surface area contributed by atoms with E-state index in [1.165, 1.54) is 16.8 Å². The van der Waals surface area contributed by atoms with E-state index in [2.05, 4.69) is 57.1 Å². The third kappa shape index (κ3) is 3.84. The van der Waals surface area contributed by atoms with Crippen molar-refractivity contribution in [2.75, 3.05) is 38.1 Å². The predicted octanol–water partition coefficient (Wildman–Crippen LogP) is 2.81. The van der Waals surface area contributed by atoms with Crippen LogP contribution < -0.4 is 10.2 Å². The van der Waals surface area contributed by atoms with Crippen LogP contribution in [0.15, 0.2) is 27.6 Å². The molecule has 0 aliphatic carbocycles. The van der Waals surface area contributed by atoms with Gasteiger partial charge in [0.25, 0.3) is 0 Å². The highest BCUT2D eigenvalue weighted by atomic mass is 16.4. The number of piperazine rings is 1. The minimum atomic E-state index is 0.554. The molecule has 0 amide bonds. The molecule has 1 aromatic heterocycles. The summed E-state index contributed by atoms with van der Waals surface area (Å²) in [6, 6.07) is 6.54. The molecule has 1 aliphatic heterocycles. The van der Waals surface area contributed by atoms with E-state index in [0.29, 0.717) is 12.4 Å². The summed E-state index contributed by atoms with van der Waals surface area (Å²) in [4.78, 5) is 13.6. The largest absolute Gasteiger partial charge is 0.444 e. The zero-order valence-corrected chi connectivity index (χ0v) is 16.5. The average Bonchev–Trinajstić information content (AvgIpc) is 2.96. The van der Waals surface area contributed by atoms with Crippen LogP contribution in [0.25, 0.3) is 0 Å². The van der Waals surface area contributed by atoms with Crippen molar-refractivity contribution in [3.8, 4) is 0 Å². The molecular weight excluding hydrogens is 326 g/mol. The molecule has 1 aliphatic rings. The Balaban J connectivity index is 1.58. The van der Waals surface area contributed by atoms with Gasteiger partial charge in [0.1, 0.15) is 5.76 Å². The fraction of sp³-hybridized carbons (Fsp3) is 0.500. The summed E-state index contributed by atoms with van der Waals surface area (Å²) in [5, 5.41) is 3.37. The third-order valence-electron chi connectivity index (χ3n) is 5.18. The van der Waals surface area contributed by atoms with Crippen molar-refractivity contribution in [1.29, 1.82) is 0 Å². The Bertz CT molecular complexity index is 768. The SMILES string of the molecule is CN=C(NCc1nc(C)c(C)o1)N1CCN(c2cccc(C)c2C)CC1. The molecule has 0 bridgehead atoms. The van der Waals surface area contributed by atoms with E-state index in [1.54, 1.807) is 0 Å². The van der Waals surface area contributed by atoms with Crippen LogP contribution in [0.3, 0.4) is 0 Å². The van der Waals surface area contributed by atoms with Crippen LogP contribution in [-0.4, -0.2) is 49.1 Å². The number of benzene rings is 1. The van der Waals surface area contributed by atoms with Crippen molar-refractivity contribution in [2.45, 2.75) is 34.2 Å². The lowest BCUT2D eigenvalue weighted by molar-refractivity contribution is 0.368. The summed E-state index contributed by atoms with van der Waals surface area (Å²) in [7, 11) is 1.82. The standard InChI is InChI=1S/C20H29N5O/c1-14-7-6-8-18(15(14)2)24-9-11-25(12-10-24)20(21-5)22-13-19-23-16(3)17(4)26-19/h6-8H,9-13H2,1-5H3,(H,21,22). The van der Waals surface area contributed by atoms with Crippen LogP contribution in [-0.2, 0) is 6.54 Å². The van der Waals surface area contributed by atoms with Gasteiger partial charge in [-0.05, 0) is 44.9 Å². The van der Waals surface area contributed by atoms with Crippen molar-refractivity contribution in [3.05, 3.63) is 46.7 Å². The fourth-order valence-corrected chi connectivity index (χ4v) is 3.34. The Morgan fingerprint density at radius 2 is 1.88 bits per heavy atom. The maximum atomic E-state index is 5.64. The number of rotatable bonds is 3. The van der Waals surface area contributed by atoms with Gasteiger partial charge in [-0.1, -0.05) is 12.1 Å². The first-order valence-corrected chi connectivity index (χ1v) is 9.19. The monoisotopic (exact) mass is 355 g/mol. The van der Waals surface area contributed by atoms with E-state index in [1.807, 2.05) is 20.9 Å². The maximum Gasteiger partial charge on any atom is 0.214 e. The molecule has 1 saturated heterocycles. The Kier molecular flexibility index (Phi) is 5.49. The van der Waals surface area contributed by atoms with Crippen molar-refractivity contribution < 1.29 is 4.42 Å². The molecule has 2 heterocycles. The van der Waals surface area contributed by atoms with Crippen molar-refractivity contribution in [1.82, 2.24) is 15.2 Å². The summed E-state index contributed by atoms with van der Waals surface area (Å²) >= 11 is 0. The number of hydrogen-bond acceptors (Lipinski definition) is 4. The highest BCUT2D eigenvalue weighted by Crippen LogP contribution is 2.23. The molecule has 0 radical (unpaired) electrons. The second-order valence-electron chi connectivity index (χ2n) is 6.84. The van der Waals surface area contributed by atoms with Gasteiger partial charge in [-0.15, -0.1) is 0 Å². The summed E-state index contributed by atoms with van der Waals surface area (Å²) in [5.74, 6) is 2.48. The van der Waals surface area contributed by atoms with Gasteiger partial charge in [0, 0.05) is 38.9 Å². The van der Waals surface area contributed by atoms with Gasteiger partial charge >= 0.3 is 0 Å². The Labute approximate surface area is 155 Å². The predicted molar refractivity (Wildman–Crippen MR) is 106 cm³/mol. The maximum absolute atomic E-state index is 5.64. The molecule has 0 saturated carbocycles. The smallest absolute Gasteiger partial charge is 0.214 e. The van der Waals surface area contributed by atoms with Crippen LogP contribution in [0.4, 0.5) is 5.69 Å². The van der Waals surface area contributed by atoms with Crippen LogP contribution in [0, 0.1) is 27.7 Å². The number of nitrogens with one attached hydrogen (secondary N) is 1. The first-order valence-electron chi connectivity index (χ1n) is 9.19. The first-order chi connectivity index (χ1) is 12.5. The van der Waals surface area contributed by atoms with Crippen molar-refractivity contribution >= 4 is 11.6 Å². The topological polar surface area (TPSA) is 56.9 Å². The van der Waals surface area contributed by atoms with Gasteiger partial charge in [0.05, 0.1) is 12.2 Å². The van der Waals surface area contributed by atoms with Gasteiger partial charge in [0.2, 0.25) is 5.89 Å². The lowest BCUT2D eigenvalue weighted by Gasteiger charge is -2.38. The van der Waals surface area contributed by atoms with E-state index in [-0.39, 0.29) is 0 Å². The van der Waals surface area contributed by atoms with Crippen molar-refractivity contribution in [3.63, 3.8) is 0 Å². The van der Waals surface area contributed by atoms with E-state index in [0.717, 1.165) is 43.6 Å². The Hall–Kier alpha value is -2.50. The molecule has 6 heteroatoms. The number of aliphatic imine (C=N–C) groups is 1. The number of hydrogen-bond donors (Lipinski definition) is 1. The molecule has 6 nitrogen and oxygen atoms in total. The Morgan fingerprint density at radius 3 is 2.50 bits per heavy atom. The lowest BCUT2D eigenvalue weighted by Crippen LogP contribution is -2.52. The molecule has 26 heavy (non-hydrogen) atoms. The molecule has 140 valence electrons. The molecule has 0 spiro atoms. The first kappa shape index (κ1) is 18.3. The van der Waals surface area contributed by atoms with Gasteiger partial charge in [-0.3, -0.25) is 4.99 Å². The summed E-state index contributed by atoms with van der Waals surface area (Å²) in [6.07, 6.45) is 0. The highest BCUT2D eigenvalue weighted by molar-refractivity contribution is 5.80. The zero-order valence-electron chi connectivity index (χ0n) is 16.5. The van der Waals surface area contributed by atoms with E-state index >= 15 is 0 Å². The average molecular weight is 355 g/mol. The van der Waals surface area contributed by atoms with E-state index in [9.17, 15) is 0 Å². The molecular formula is C20H29N5O.